The number of hydrogen-bond donors (Lipinski definition) is 1. The highest BCUT2D eigenvalue weighted by Gasteiger charge is 2.08. The highest BCUT2D eigenvalue weighted by Crippen LogP contribution is 2.19. The number of aromatic nitrogens is 1. The minimum absolute atomic E-state index is 0.0109. The third-order valence-electron chi connectivity index (χ3n) is 2.71. The number of rotatable bonds is 4. The summed E-state index contributed by atoms with van der Waals surface area (Å²) in [5.41, 5.74) is 1.93. The van der Waals surface area contributed by atoms with Crippen molar-refractivity contribution < 1.29 is 5.11 Å². The van der Waals surface area contributed by atoms with E-state index in [1.165, 1.54) is 0 Å². The topological polar surface area (TPSA) is 36.4 Å². The second kappa shape index (κ2) is 5.85. The Labute approximate surface area is 112 Å². The van der Waals surface area contributed by atoms with Crippen molar-refractivity contribution in [2.24, 2.45) is 0 Å². The second-order valence-electron chi connectivity index (χ2n) is 4.13. The fraction of sp³-hybridized carbons (Fsp3) is 0.214. The molecule has 94 valence electrons. The van der Waals surface area contributed by atoms with Gasteiger partial charge in [-0.3, -0.25) is 0 Å². The minimum Gasteiger partial charge on any atom is -0.392 e. The third-order valence-corrected chi connectivity index (χ3v) is 2.94. The number of aliphatic hydroxyl groups is 1. The number of halogens is 1. The molecule has 18 heavy (non-hydrogen) atoms. The van der Waals surface area contributed by atoms with Crippen molar-refractivity contribution in [2.45, 2.75) is 13.2 Å². The van der Waals surface area contributed by atoms with E-state index in [0.717, 1.165) is 22.0 Å². The Balaban J connectivity index is 2.19. The molecular weight excluding hydrogens is 248 g/mol. The summed E-state index contributed by atoms with van der Waals surface area (Å²) >= 11 is 5.96. The van der Waals surface area contributed by atoms with Crippen molar-refractivity contribution in [3.63, 3.8) is 0 Å². The molecule has 0 unspecified atom stereocenters. The predicted octanol–water partition coefficient (Wildman–Crippen LogP) is 2.86. The SMILES string of the molecule is CN(Cc1cccc(Cl)c1)c1ncccc1CO. The van der Waals surface area contributed by atoms with E-state index in [9.17, 15) is 5.11 Å². The minimum atomic E-state index is -0.0109. The summed E-state index contributed by atoms with van der Waals surface area (Å²) in [4.78, 5) is 6.30. The molecule has 0 aliphatic heterocycles. The van der Waals surface area contributed by atoms with E-state index >= 15 is 0 Å². The van der Waals surface area contributed by atoms with Gasteiger partial charge in [0.05, 0.1) is 6.61 Å². The molecule has 0 fully saturated rings. The van der Waals surface area contributed by atoms with Gasteiger partial charge in [0.2, 0.25) is 0 Å². The first-order valence-electron chi connectivity index (χ1n) is 5.71. The van der Waals surface area contributed by atoms with Crippen LogP contribution in [0, 0.1) is 0 Å². The van der Waals surface area contributed by atoms with Crippen molar-refractivity contribution >= 4 is 17.4 Å². The third kappa shape index (κ3) is 3.00. The summed E-state index contributed by atoms with van der Waals surface area (Å²) in [5.74, 6) is 0.792. The molecule has 3 nitrogen and oxygen atoms in total. The smallest absolute Gasteiger partial charge is 0.134 e. The molecule has 0 saturated heterocycles. The normalized spacial score (nSPS) is 10.4. The van der Waals surface area contributed by atoms with Gasteiger partial charge in [0, 0.05) is 30.4 Å². The van der Waals surface area contributed by atoms with Crippen LogP contribution in [0.5, 0.6) is 0 Å². The van der Waals surface area contributed by atoms with Gasteiger partial charge in [-0.15, -0.1) is 0 Å². The number of benzene rings is 1. The zero-order chi connectivity index (χ0) is 13.0. The molecule has 0 atom stereocenters. The van der Waals surface area contributed by atoms with Crippen LogP contribution in [0.1, 0.15) is 11.1 Å². The van der Waals surface area contributed by atoms with E-state index in [2.05, 4.69) is 4.98 Å². The molecule has 2 rings (SSSR count). The van der Waals surface area contributed by atoms with E-state index in [-0.39, 0.29) is 6.61 Å². The van der Waals surface area contributed by atoms with Crippen molar-refractivity contribution in [3.05, 3.63) is 58.7 Å². The van der Waals surface area contributed by atoms with Gasteiger partial charge in [-0.05, 0) is 23.8 Å². The highest BCUT2D eigenvalue weighted by molar-refractivity contribution is 6.30. The highest BCUT2D eigenvalue weighted by atomic mass is 35.5. The molecule has 2 aromatic rings. The van der Waals surface area contributed by atoms with Crippen LogP contribution in [0.25, 0.3) is 0 Å². The van der Waals surface area contributed by atoms with Gasteiger partial charge in [0.1, 0.15) is 5.82 Å². The van der Waals surface area contributed by atoms with E-state index < -0.39 is 0 Å². The van der Waals surface area contributed by atoms with Gasteiger partial charge in [-0.1, -0.05) is 29.8 Å². The average Bonchev–Trinajstić information content (AvgIpc) is 2.38. The molecule has 0 saturated carbocycles. The Bertz CT molecular complexity index is 531. The first kappa shape index (κ1) is 12.9. The number of nitrogens with zero attached hydrogens (tertiary/aromatic N) is 2. The van der Waals surface area contributed by atoms with E-state index in [1.807, 2.05) is 48.3 Å². The van der Waals surface area contributed by atoms with Crippen LogP contribution in [-0.4, -0.2) is 17.1 Å². The molecule has 1 aromatic heterocycles. The molecule has 0 aliphatic rings. The first-order chi connectivity index (χ1) is 8.70. The van der Waals surface area contributed by atoms with Crippen LogP contribution in [0.15, 0.2) is 42.6 Å². The zero-order valence-electron chi connectivity index (χ0n) is 10.2. The van der Waals surface area contributed by atoms with Crippen LogP contribution in [0.3, 0.4) is 0 Å². The predicted molar refractivity (Wildman–Crippen MR) is 73.7 cm³/mol. The van der Waals surface area contributed by atoms with Gasteiger partial charge in [-0.25, -0.2) is 4.98 Å². The van der Waals surface area contributed by atoms with Crippen LogP contribution in [0.4, 0.5) is 5.82 Å². The molecule has 0 bridgehead atoms. The Morgan fingerprint density at radius 3 is 2.83 bits per heavy atom. The van der Waals surface area contributed by atoms with E-state index in [4.69, 9.17) is 11.6 Å². The summed E-state index contributed by atoms with van der Waals surface area (Å²) in [6, 6.07) is 11.4. The Morgan fingerprint density at radius 2 is 2.11 bits per heavy atom. The molecule has 1 heterocycles. The molecule has 0 amide bonds. The van der Waals surface area contributed by atoms with Gasteiger partial charge in [-0.2, -0.15) is 0 Å². The lowest BCUT2D eigenvalue weighted by Gasteiger charge is -2.20. The van der Waals surface area contributed by atoms with E-state index in [0.29, 0.717) is 6.54 Å². The Morgan fingerprint density at radius 1 is 1.28 bits per heavy atom. The maximum absolute atomic E-state index is 9.29. The van der Waals surface area contributed by atoms with Crippen molar-refractivity contribution in [3.8, 4) is 0 Å². The van der Waals surface area contributed by atoms with Crippen molar-refractivity contribution in [1.82, 2.24) is 4.98 Å². The summed E-state index contributed by atoms with van der Waals surface area (Å²) in [5, 5.41) is 10.0. The zero-order valence-corrected chi connectivity index (χ0v) is 10.9. The van der Waals surface area contributed by atoms with E-state index in [1.54, 1.807) is 6.20 Å². The average molecular weight is 263 g/mol. The summed E-state index contributed by atoms with van der Waals surface area (Å²) in [6.45, 7) is 0.688. The fourth-order valence-corrected chi connectivity index (χ4v) is 2.09. The summed E-state index contributed by atoms with van der Waals surface area (Å²) < 4.78 is 0. The summed E-state index contributed by atoms with van der Waals surface area (Å²) in [7, 11) is 1.95. The molecule has 4 heteroatoms. The lowest BCUT2D eigenvalue weighted by atomic mass is 10.2. The first-order valence-corrected chi connectivity index (χ1v) is 6.09. The standard InChI is InChI=1S/C14H15ClN2O/c1-17(9-11-4-2-6-13(15)8-11)14-12(10-18)5-3-7-16-14/h2-8,18H,9-10H2,1H3. The van der Waals surface area contributed by atoms with Gasteiger partial charge in [0.25, 0.3) is 0 Å². The van der Waals surface area contributed by atoms with Gasteiger partial charge >= 0.3 is 0 Å². The largest absolute Gasteiger partial charge is 0.392 e. The lowest BCUT2D eigenvalue weighted by Crippen LogP contribution is -2.19. The maximum Gasteiger partial charge on any atom is 0.134 e. The molecule has 1 aromatic carbocycles. The van der Waals surface area contributed by atoms with Crippen LogP contribution >= 0.6 is 11.6 Å². The lowest BCUT2D eigenvalue weighted by molar-refractivity contribution is 0.281. The molecule has 0 radical (unpaired) electrons. The Kier molecular flexibility index (Phi) is 4.18. The number of aliphatic hydroxyl groups excluding tert-OH is 1. The maximum atomic E-state index is 9.29. The number of hydrogen-bond acceptors (Lipinski definition) is 3. The number of anilines is 1. The molecule has 1 N–H and O–H groups in total. The molecular formula is C14H15ClN2O. The van der Waals surface area contributed by atoms with Gasteiger partial charge in [0.15, 0.2) is 0 Å². The summed E-state index contributed by atoms with van der Waals surface area (Å²) in [6.07, 6.45) is 1.73. The fourth-order valence-electron chi connectivity index (χ4n) is 1.88. The van der Waals surface area contributed by atoms with Crippen LogP contribution in [0.2, 0.25) is 5.02 Å². The van der Waals surface area contributed by atoms with Crippen LogP contribution in [-0.2, 0) is 13.2 Å². The van der Waals surface area contributed by atoms with Crippen molar-refractivity contribution in [2.75, 3.05) is 11.9 Å². The molecule has 0 aliphatic carbocycles. The Hall–Kier alpha value is -1.58. The monoisotopic (exact) mass is 262 g/mol. The second-order valence-corrected chi connectivity index (χ2v) is 4.57. The molecule has 0 spiro atoms. The quantitative estimate of drug-likeness (QED) is 0.921. The van der Waals surface area contributed by atoms with Crippen molar-refractivity contribution in [1.29, 1.82) is 0 Å². The van der Waals surface area contributed by atoms with Crippen LogP contribution < -0.4 is 4.90 Å². The number of pyridine rings is 1. The van der Waals surface area contributed by atoms with Gasteiger partial charge < -0.3 is 10.0 Å².